The molecule has 7 nitrogen and oxygen atoms in total. The summed E-state index contributed by atoms with van der Waals surface area (Å²) in [6, 6.07) is 12.4. The van der Waals surface area contributed by atoms with Crippen molar-refractivity contribution in [1.29, 1.82) is 0 Å². The number of nitrogens with zero attached hydrogens (tertiary/aromatic N) is 2. The Bertz CT molecular complexity index is 1330. The highest BCUT2D eigenvalue weighted by Crippen LogP contribution is 2.42. The predicted octanol–water partition coefficient (Wildman–Crippen LogP) is 4.78. The van der Waals surface area contributed by atoms with Gasteiger partial charge in [-0.3, -0.25) is 14.6 Å². The van der Waals surface area contributed by atoms with Gasteiger partial charge in [0.15, 0.2) is 11.5 Å². The molecule has 172 valence electrons. The molecule has 34 heavy (non-hydrogen) atoms. The van der Waals surface area contributed by atoms with E-state index in [0.29, 0.717) is 40.9 Å². The van der Waals surface area contributed by atoms with Gasteiger partial charge in [0.05, 0.1) is 21.7 Å². The van der Waals surface area contributed by atoms with Crippen LogP contribution in [0.15, 0.2) is 66.5 Å². The molecule has 0 saturated carbocycles. The van der Waals surface area contributed by atoms with Gasteiger partial charge < -0.3 is 19.5 Å². The number of benzene rings is 2. The summed E-state index contributed by atoms with van der Waals surface area (Å²) >= 11 is 12.4. The molecule has 1 unspecified atom stereocenters. The lowest BCUT2D eigenvalue weighted by Crippen LogP contribution is -2.29. The van der Waals surface area contributed by atoms with Gasteiger partial charge in [-0.1, -0.05) is 29.3 Å². The standard InChI is InChI=1S/C25H18Cl2N2O5/c26-17-3-1-15(11-18(17)27)22-21(23(30)16-2-4-19-20(12-16)34-10-9-33-19)24(31)25(32)29(22)13-14-5-7-28-8-6-14/h1-8,11-12,22,30H,9-10,13H2/b23-21+. The number of ketones is 1. The number of aromatic nitrogens is 1. The van der Waals surface area contributed by atoms with Crippen LogP contribution in [0.4, 0.5) is 0 Å². The number of carbonyl (C=O) groups is 2. The minimum Gasteiger partial charge on any atom is -0.507 e. The van der Waals surface area contributed by atoms with Gasteiger partial charge in [-0.15, -0.1) is 0 Å². The molecule has 1 atom stereocenters. The van der Waals surface area contributed by atoms with E-state index in [1.54, 1.807) is 60.9 Å². The lowest BCUT2D eigenvalue weighted by molar-refractivity contribution is -0.140. The summed E-state index contributed by atoms with van der Waals surface area (Å²) in [6.07, 6.45) is 3.21. The van der Waals surface area contributed by atoms with Crippen molar-refractivity contribution in [3.05, 3.63) is 93.2 Å². The highest BCUT2D eigenvalue weighted by atomic mass is 35.5. The molecule has 2 aliphatic rings. The van der Waals surface area contributed by atoms with Crippen LogP contribution in [0.3, 0.4) is 0 Å². The first-order valence-corrected chi connectivity index (χ1v) is 11.2. The van der Waals surface area contributed by atoms with Crippen molar-refractivity contribution in [1.82, 2.24) is 9.88 Å². The van der Waals surface area contributed by atoms with Crippen LogP contribution in [0, 0.1) is 0 Å². The van der Waals surface area contributed by atoms with E-state index in [1.165, 1.54) is 4.90 Å². The second-order valence-electron chi connectivity index (χ2n) is 7.81. The molecule has 3 aromatic rings. The molecule has 1 saturated heterocycles. The molecule has 1 N–H and O–H groups in total. The van der Waals surface area contributed by atoms with Crippen molar-refractivity contribution in [2.24, 2.45) is 0 Å². The number of amides is 1. The average Bonchev–Trinajstić information content (AvgIpc) is 3.10. The Morgan fingerprint density at radius 2 is 1.71 bits per heavy atom. The first kappa shape index (κ1) is 22.3. The summed E-state index contributed by atoms with van der Waals surface area (Å²) in [5.41, 5.74) is 1.60. The number of fused-ring (bicyclic) bond motifs is 1. The molecule has 2 aliphatic heterocycles. The third kappa shape index (κ3) is 3.97. The van der Waals surface area contributed by atoms with Crippen molar-refractivity contribution < 1.29 is 24.2 Å². The monoisotopic (exact) mass is 496 g/mol. The van der Waals surface area contributed by atoms with Crippen molar-refractivity contribution in [2.45, 2.75) is 12.6 Å². The van der Waals surface area contributed by atoms with Crippen molar-refractivity contribution in [2.75, 3.05) is 13.2 Å². The Balaban J connectivity index is 1.65. The maximum Gasteiger partial charge on any atom is 0.295 e. The zero-order valence-corrected chi connectivity index (χ0v) is 19.2. The van der Waals surface area contributed by atoms with Crippen molar-refractivity contribution >= 4 is 40.7 Å². The highest BCUT2D eigenvalue weighted by molar-refractivity contribution is 6.46. The van der Waals surface area contributed by atoms with Gasteiger partial charge in [-0.25, -0.2) is 0 Å². The van der Waals surface area contributed by atoms with Crippen LogP contribution in [-0.2, 0) is 16.1 Å². The molecular formula is C25H18Cl2N2O5. The van der Waals surface area contributed by atoms with Gasteiger partial charge in [-0.05, 0) is 53.6 Å². The molecular weight excluding hydrogens is 479 g/mol. The number of Topliss-reactive ketones (excluding diaryl/α,β-unsaturated/α-hetero) is 1. The van der Waals surface area contributed by atoms with Gasteiger partial charge in [0, 0.05) is 24.5 Å². The van der Waals surface area contributed by atoms with Gasteiger partial charge >= 0.3 is 0 Å². The number of halogens is 2. The second-order valence-corrected chi connectivity index (χ2v) is 8.63. The van der Waals surface area contributed by atoms with E-state index in [4.69, 9.17) is 32.7 Å². The number of ether oxygens (including phenoxy) is 2. The van der Waals surface area contributed by atoms with Crippen molar-refractivity contribution in [3.8, 4) is 11.5 Å². The Hall–Kier alpha value is -3.55. The maximum atomic E-state index is 13.2. The molecule has 2 aromatic carbocycles. The third-order valence-electron chi connectivity index (χ3n) is 5.72. The molecule has 0 spiro atoms. The van der Waals surface area contributed by atoms with Crippen LogP contribution in [0.25, 0.3) is 5.76 Å². The molecule has 0 radical (unpaired) electrons. The van der Waals surface area contributed by atoms with Gasteiger partial charge in [-0.2, -0.15) is 0 Å². The van der Waals surface area contributed by atoms with E-state index in [9.17, 15) is 14.7 Å². The second kappa shape index (κ2) is 9.00. The molecule has 1 amide bonds. The number of pyridine rings is 1. The highest BCUT2D eigenvalue weighted by Gasteiger charge is 2.46. The molecule has 5 rings (SSSR count). The summed E-state index contributed by atoms with van der Waals surface area (Å²) in [7, 11) is 0. The summed E-state index contributed by atoms with van der Waals surface area (Å²) in [5.74, 6) is -0.845. The van der Waals surface area contributed by atoms with Crippen molar-refractivity contribution in [3.63, 3.8) is 0 Å². The van der Waals surface area contributed by atoms with Crippen LogP contribution in [-0.4, -0.2) is 39.9 Å². The lowest BCUT2D eigenvalue weighted by Gasteiger charge is -2.26. The largest absolute Gasteiger partial charge is 0.507 e. The predicted molar refractivity (Wildman–Crippen MR) is 126 cm³/mol. The molecule has 9 heteroatoms. The Morgan fingerprint density at radius 3 is 2.44 bits per heavy atom. The Morgan fingerprint density at radius 1 is 0.971 bits per heavy atom. The molecule has 1 aromatic heterocycles. The Labute approximate surface area is 205 Å². The Kier molecular flexibility index (Phi) is 5.89. The number of aliphatic hydroxyl groups excluding tert-OH is 1. The van der Waals surface area contributed by atoms with E-state index < -0.39 is 17.7 Å². The zero-order chi connectivity index (χ0) is 23.8. The van der Waals surface area contributed by atoms with Crippen LogP contribution in [0.5, 0.6) is 11.5 Å². The number of hydrogen-bond acceptors (Lipinski definition) is 6. The normalized spacial score (nSPS) is 18.9. The van der Waals surface area contributed by atoms with E-state index in [1.807, 2.05) is 0 Å². The molecule has 0 aliphatic carbocycles. The van der Waals surface area contributed by atoms with E-state index in [-0.39, 0.29) is 22.9 Å². The average molecular weight is 497 g/mol. The first-order valence-electron chi connectivity index (χ1n) is 10.5. The van der Waals surface area contributed by atoms with E-state index in [0.717, 1.165) is 5.56 Å². The molecule has 3 heterocycles. The van der Waals surface area contributed by atoms with Gasteiger partial charge in [0.2, 0.25) is 0 Å². The minimum absolute atomic E-state index is 0.0471. The number of carbonyl (C=O) groups excluding carboxylic acids is 2. The SMILES string of the molecule is O=C1C(=O)N(Cc2ccncc2)C(c2ccc(Cl)c(Cl)c2)/C1=C(\O)c1ccc2c(c1)OCCO2. The summed E-state index contributed by atoms with van der Waals surface area (Å²) in [4.78, 5) is 31.7. The van der Waals surface area contributed by atoms with Crippen LogP contribution in [0.2, 0.25) is 10.0 Å². The smallest absolute Gasteiger partial charge is 0.295 e. The number of likely N-dealkylation sites (tertiary alicyclic amines) is 1. The quantitative estimate of drug-likeness (QED) is 0.317. The third-order valence-corrected chi connectivity index (χ3v) is 6.46. The summed E-state index contributed by atoms with van der Waals surface area (Å²) in [6.45, 7) is 0.933. The fourth-order valence-electron chi connectivity index (χ4n) is 4.10. The van der Waals surface area contributed by atoms with Crippen LogP contribution < -0.4 is 9.47 Å². The maximum absolute atomic E-state index is 13.2. The fraction of sp³-hybridized carbons (Fsp3) is 0.160. The lowest BCUT2D eigenvalue weighted by atomic mass is 9.95. The number of rotatable bonds is 4. The summed E-state index contributed by atoms with van der Waals surface area (Å²) < 4.78 is 11.1. The topological polar surface area (TPSA) is 89.0 Å². The molecule has 0 bridgehead atoms. The van der Waals surface area contributed by atoms with E-state index >= 15 is 0 Å². The van der Waals surface area contributed by atoms with E-state index in [2.05, 4.69) is 4.98 Å². The van der Waals surface area contributed by atoms with Crippen LogP contribution in [0.1, 0.15) is 22.7 Å². The van der Waals surface area contributed by atoms with Gasteiger partial charge in [0.25, 0.3) is 11.7 Å². The zero-order valence-electron chi connectivity index (χ0n) is 17.7. The minimum atomic E-state index is -0.879. The number of aliphatic hydroxyl groups is 1. The fourth-order valence-corrected chi connectivity index (χ4v) is 4.41. The first-order chi connectivity index (χ1) is 16.4. The van der Waals surface area contributed by atoms with Crippen LogP contribution >= 0.6 is 23.2 Å². The van der Waals surface area contributed by atoms with Gasteiger partial charge in [0.1, 0.15) is 19.0 Å². The molecule has 1 fully saturated rings. The number of hydrogen-bond donors (Lipinski definition) is 1. The summed E-state index contributed by atoms with van der Waals surface area (Å²) in [5, 5.41) is 11.9.